The third-order valence-electron chi connectivity index (χ3n) is 6.95. The fourth-order valence-electron chi connectivity index (χ4n) is 4.74. The van der Waals surface area contributed by atoms with E-state index >= 15 is 0 Å². The molecule has 2 fully saturated rings. The van der Waals surface area contributed by atoms with Crippen molar-refractivity contribution in [2.24, 2.45) is 0 Å². The highest BCUT2D eigenvalue weighted by molar-refractivity contribution is 5.92. The van der Waals surface area contributed by atoms with Gasteiger partial charge in [0.2, 0.25) is 11.8 Å². The van der Waals surface area contributed by atoms with Crippen LogP contribution in [0.4, 0.5) is 5.69 Å². The summed E-state index contributed by atoms with van der Waals surface area (Å²) in [5.74, 6) is 0.236. The molecule has 2 aliphatic heterocycles. The molecule has 2 aromatic rings. The van der Waals surface area contributed by atoms with Crippen LogP contribution in [0.3, 0.4) is 0 Å². The number of rotatable bonds is 7. The summed E-state index contributed by atoms with van der Waals surface area (Å²) < 4.78 is 0. The molecule has 1 atom stereocenters. The van der Waals surface area contributed by atoms with Crippen molar-refractivity contribution in [3.8, 4) is 0 Å². The molecule has 182 valence electrons. The van der Waals surface area contributed by atoms with E-state index in [4.69, 9.17) is 0 Å². The van der Waals surface area contributed by atoms with Gasteiger partial charge in [-0.05, 0) is 31.5 Å². The van der Waals surface area contributed by atoms with Crippen LogP contribution >= 0.6 is 0 Å². The molecule has 0 aromatic heterocycles. The van der Waals surface area contributed by atoms with Crippen LogP contribution in [0.1, 0.15) is 18.1 Å². The van der Waals surface area contributed by atoms with E-state index in [1.165, 1.54) is 11.1 Å². The Morgan fingerprint density at radius 2 is 1.44 bits per heavy atom. The number of hydrogen-bond donors (Lipinski definition) is 1. The second-order valence-corrected chi connectivity index (χ2v) is 9.49. The van der Waals surface area contributed by atoms with Crippen LogP contribution in [0, 0.1) is 6.92 Å². The first-order valence-electron chi connectivity index (χ1n) is 12.4. The molecule has 7 heteroatoms. The Morgan fingerprint density at radius 1 is 0.824 bits per heavy atom. The number of benzene rings is 2. The fraction of sp³-hybridized carbons (Fsp3) is 0.481. The number of aryl methyl sites for hydroxylation is 1. The Balaban J connectivity index is 1.17. The van der Waals surface area contributed by atoms with Crippen molar-refractivity contribution in [3.63, 3.8) is 0 Å². The molecule has 7 nitrogen and oxygen atoms in total. The molecular formula is C27H37N5O2. The van der Waals surface area contributed by atoms with Crippen LogP contribution in [-0.4, -0.2) is 96.4 Å². The van der Waals surface area contributed by atoms with Crippen LogP contribution < -0.4 is 5.32 Å². The van der Waals surface area contributed by atoms with Crippen molar-refractivity contribution in [2.75, 3.05) is 64.2 Å². The van der Waals surface area contributed by atoms with Gasteiger partial charge in [0.05, 0.1) is 12.6 Å². The SMILES string of the molecule is Cc1ccc(NC(=O)CN2CCN(C(C)C(=O)N3CCN(Cc4ccccc4)CC3)CC2)cc1. The molecule has 2 saturated heterocycles. The zero-order chi connectivity index (χ0) is 23.9. The van der Waals surface area contributed by atoms with E-state index < -0.39 is 0 Å². The Bertz CT molecular complexity index is 933. The number of amides is 2. The highest BCUT2D eigenvalue weighted by Gasteiger charge is 2.30. The minimum absolute atomic E-state index is 0.00908. The predicted molar refractivity (Wildman–Crippen MR) is 136 cm³/mol. The van der Waals surface area contributed by atoms with Crippen molar-refractivity contribution < 1.29 is 9.59 Å². The maximum Gasteiger partial charge on any atom is 0.239 e. The number of piperazine rings is 2. The molecule has 1 N–H and O–H groups in total. The van der Waals surface area contributed by atoms with Crippen LogP contribution in [0.2, 0.25) is 0 Å². The second kappa shape index (κ2) is 11.6. The predicted octanol–water partition coefficient (Wildman–Crippen LogP) is 2.28. The summed E-state index contributed by atoms with van der Waals surface area (Å²) in [6, 6.07) is 18.2. The van der Waals surface area contributed by atoms with Gasteiger partial charge in [-0.1, -0.05) is 48.0 Å². The molecule has 2 aromatic carbocycles. The fourth-order valence-corrected chi connectivity index (χ4v) is 4.74. The molecule has 2 heterocycles. The van der Waals surface area contributed by atoms with Gasteiger partial charge in [0, 0.05) is 64.6 Å². The normalized spacial score (nSPS) is 19.1. The van der Waals surface area contributed by atoms with E-state index in [1.54, 1.807) is 0 Å². The molecule has 0 radical (unpaired) electrons. The van der Waals surface area contributed by atoms with Crippen LogP contribution in [0.25, 0.3) is 0 Å². The van der Waals surface area contributed by atoms with Gasteiger partial charge in [0.15, 0.2) is 0 Å². The van der Waals surface area contributed by atoms with Crippen molar-refractivity contribution >= 4 is 17.5 Å². The minimum Gasteiger partial charge on any atom is -0.339 e. The van der Waals surface area contributed by atoms with Gasteiger partial charge in [-0.2, -0.15) is 0 Å². The third-order valence-corrected chi connectivity index (χ3v) is 6.95. The third kappa shape index (κ3) is 6.65. The van der Waals surface area contributed by atoms with Gasteiger partial charge in [0.25, 0.3) is 0 Å². The molecule has 2 amide bonds. The molecule has 0 aliphatic carbocycles. The van der Waals surface area contributed by atoms with Crippen molar-refractivity contribution in [1.82, 2.24) is 19.6 Å². The lowest BCUT2D eigenvalue weighted by molar-refractivity contribution is -0.139. The first-order chi connectivity index (χ1) is 16.5. The first kappa shape index (κ1) is 24.4. The number of anilines is 1. The lowest BCUT2D eigenvalue weighted by Gasteiger charge is -2.41. The van der Waals surface area contributed by atoms with E-state index in [-0.39, 0.29) is 17.9 Å². The number of hydrogen-bond acceptors (Lipinski definition) is 5. The largest absolute Gasteiger partial charge is 0.339 e. The molecule has 4 rings (SSSR count). The van der Waals surface area contributed by atoms with Gasteiger partial charge < -0.3 is 10.2 Å². The summed E-state index contributed by atoms with van der Waals surface area (Å²) in [5, 5.41) is 2.97. The highest BCUT2D eigenvalue weighted by atomic mass is 16.2. The lowest BCUT2D eigenvalue weighted by Crippen LogP contribution is -2.57. The Labute approximate surface area is 203 Å². The number of nitrogens with one attached hydrogen (secondary N) is 1. The van der Waals surface area contributed by atoms with Gasteiger partial charge in [-0.3, -0.25) is 24.3 Å². The van der Waals surface area contributed by atoms with E-state index in [9.17, 15) is 9.59 Å². The maximum atomic E-state index is 13.1. The number of carbonyl (C=O) groups excluding carboxylic acids is 2. The molecular weight excluding hydrogens is 426 g/mol. The molecule has 0 bridgehead atoms. The number of carbonyl (C=O) groups is 2. The maximum absolute atomic E-state index is 13.1. The Kier molecular flexibility index (Phi) is 8.32. The molecule has 2 aliphatic rings. The summed E-state index contributed by atoms with van der Waals surface area (Å²) in [6.45, 7) is 12.0. The highest BCUT2D eigenvalue weighted by Crippen LogP contribution is 2.14. The van der Waals surface area contributed by atoms with Gasteiger partial charge in [0.1, 0.15) is 0 Å². The van der Waals surface area contributed by atoms with Gasteiger partial charge in [-0.25, -0.2) is 0 Å². The Morgan fingerprint density at radius 3 is 2.09 bits per heavy atom. The van der Waals surface area contributed by atoms with Crippen LogP contribution in [-0.2, 0) is 16.1 Å². The quantitative estimate of drug-likeness (QED) is 0.683. The van der Waals surface area contributed by atoms with E-state index in [2.05, 4.69) is 44.3 Å². The van der Waals surface area contributed by atoms with Gasteiger partial charge in [-0.15, -0.1) is 0 Å². The summed E-state index contributed by atoms with van der Waals surface area (Å²) in [5.41, 5.74) is 3.32. The lowest BCUT2D eigenvalue weighted by atomic mass is 10.1. The van der Waals surface area contributed by atoms with Crippen molar-refractivity contribution in [3.05, 3.63) is 65.7 Å². The Hall–Kier alpha value is -2.74. The first-order valence-corrected chi connectivity index (χ1v) is 12.4. The monoisotopic (exact) mass is 463 g/mol. The van der Waals surface area contributed by atoms with E-state index in [1.807, 2.05) is 49.1 Å². The molecule has 0 spiro atoms. The average Bonchev–Trinajstić information content (AvgIpc) is 2.86. The summed E-state index contributed by atoms with van der Waals surface area (Å²) in [7, 11) is 0. The topological polar surface area (TPSA) is 59.1 Å². The van der Waals surface area contributed by atoms with E-state index in [0.717, 1.165) is 64.6 Å². The second-order valence-electron chi connectivity index (χ2n) is 9.49. The molecule has 0 saturated carbocycles. The zero-order valence-electron chi connectivity index (χ0n) is 20.4. The zero-order valence-corrected chi connectivity index (χ0v) is 20.4. The van der Waals surface area contributed by atoms with Crippen LogP contribution in [0.15, 0.2) is 54.6 Å². The van der Waals surface area contributed by atoms with Gasteiger partial charge >= 0.3 is 0 Å². The molecule has 1 unspecified atom stereocenters. The smallest absolute Gasteiger partial charge is 0.239 e. The summed E-state index contributed by atoms with van der Waals surface area (Å²) in [4.78, 5) is 34.4. The standard InChI is InChI=1S/C27H37N5O2/c1-22-8-10-25(11-9-22)28-26(33)21-30-12-16-31(17-13-30)23(2)27(34)32-18-14-29(15-19-32)20-24-6-4-3-5-7-24/h3-11,23H,12-21H2,1-2H3,(H,28,33). The summed E-state index contributed by atoms with van der Waals surface area (Å²) >= 11 is 0. The van der Waals surface area contributed by atoms with Crippen molar-refractivity contribution in [1.29, 1.82) is 0 Å². The van der Waals surface area contributed by atoms with E-state index in [0.29, 0.717) is 6.54 Å². The number of nitrogens with zero attached hydrogens (tertiary/aromatic N) is 4. The van der Waals surface area contributed by atoms with Crippen molar-refractivity contribution in [2.45, 2.75) is 26.4 Å². The minimum atomic E-state index is -0.121. The van der Waals surface area contributed by atoms with Crippen LogP contribution in [0.5, 0.6) is 0 Å². The average molecular weight is 464 g/mol. The molecule has 34 heavy (non-hydrogen) atoms. The summed E-state index contributed by atoms with van der Waals surface area (Å²) in [6.07, 6.45) is 0.